The van der Waals surface area contributed by atoms with Gasteiger partial charge in [0.15, 0.2) is 4.69 Å². The van der Waals surface area contributed by atoms with Crippen LogP contribution >= 0.6 is 15.9 Å². The normalized spacial score (nSPS) is 11.6. The molecule has 0 aliphatic heterocycles. The van der Waals surface area contributed by atoms with Gasteiger partial charge >= 0.3 is 6.18 Å². The van der Waals surface area contributed by atoms with Gasteiger partial charge in [-0.1, -0.05) is 0 Å². The molecule has 0 saturated carbocycles. The maximum absolute atomic E-state index is 11.2. The van der Waals surface area contributed by atoms with Gasteiger partial charge in [-0.2, -0.15) is 13.2 Å². The Balaban J connectivity index is 3.39. The zero-order chi connectivity index (χ0) is 7.49. The summed E-state index contributed by atoms with van der Waals surface area (Å²) in [5.74, 6) is 0. The lowest BCUT2D eigenvalue weighted by Gasteiger charge is -2.01. The summed E-state index contributed by atoms with van der Waals surface area (Å²) in [7, 11) is 0. The molecule has 9 heavy (non-hydrogen) atoms. The van der Waals surface area contributed by atoms with Gasteiger partial charge in [0, 0.05) is 6.42 Å². The highest BCUT2D eigenvalue weighted by Gasteiger charge is 2.27. The summed E-state index contributed by atoms with van der Waals surface area (Å²) in [6.45, 7) is 0. The summed E-state index contributed by atoms with van der Waals surface area (Å²) in [4.78, 5) is 9.91. The van der Waals surface area contributed by atoms with Crippen molar-refractivity contribution < 1.29 is 18.0 Å². The summed E-state index contributed by atoms with van der Waals surface area (Å²) >= 11 is 2.39. The van der Waals surface area contributed by atoms with Crippen molar-refractivity contribution in [2.24, 2.45) is 0 Å². The fraction of sp³-hybridized carbons (Fsp3) is 0.750. The van der Waals surface area contributed by atoms with Gasteiger partial charge in [-0.3, -0.25) is 4.79 Å². The van der Waals surface area contributed by atoms with Crippen LogP contribution in [-0.2, 0) is 4.79 Å². The summed E-state index contributed by atoms with van der Waals surface area (Å²) < 4.78 is 33.1. The van der Waals surface area contributed by atoms with Crippen molar-refractivity contribution in [3.05, 3.63) is 0 Å². The van der Waals surface area contributed by atoms with Crippen LogP contribution in [0.25, 0.3) is 0 Å². The number of halogens is 4. The van der Waals surface area contributed by atoms with Crippen molar-refractivity contribution >= 4 is 20.6 Å². The molecule has 0 heterocycles. The van der Waals surface area contributed by atoms with Gasteiger partial charge in [0.2, 0.25) is 0 Å². The number of alkyl halides is 3. The predicted molar refractivity (Wildman–Crippen MR) is 29.2 cm³/mol. The van der Waals surface area contributed by atoms with Gasteiger partial charge in [0.1, 0.15) is 0 Å². The van der Waals surface area contributed by atoms with E-state index in [-0.39, 0.29) is 0 Å². The molecule has 0 saturated heterocycles. The first-order valence-corrected chi connectivity index (χ1v) is 2.96. The molecule has 0 aliphatic carbocycles. The zero-order valence-electron chi connectivity index (χ0n) is 4.33. The molecule has 1 nitrogen and oxygen atoms in total. The first-order chi connectivity index (χ1) is 3.92. The molecule has 5 heteroatoms. The number of carbonyl (C=O) groups is 1. The highest BCUT2D eigenvalue weighted by Crippen LogP contribution is 2.21. The van der Waals surface area contributed by atoms with Crippen LogP contribution in [0, 0.1) is 0 Å². The molecule has 0 amide bonds. The fourth-order valence-electron chi connectivity index (χ4n) is 0.240. The maximum atomic E-state index is 11.2. The zero-order valence-corrected chi connectivity index (χ0v) is 5.92. The van der Waals surface area contributed by atoms with E-state index in [1.54, 1.807) is 0 Å². The lowest BCUT2D eigenvalue weighted by atomic mass is 10.3. The molecule has 0 rings (SSSR count). The van der Waals surface area contributed by atoms with Crippen LogP contribution in [0.3, 0.4) is 0 Å². The van der Waals surface area contributed by atoms with Crippen molar-refractivity contribution in [2.75, 3.05) is 0 Å². The lowest BCUT2D eigenvalue weighted by molar-refractivity contribution is -0.140. The summed E-state index contributed by atoms with van der Waals surface area (Å²) in [6, 6.07) is 0. The molecule has 0 aliphatic rings. The maximum Gasteiger partial charge on any atom is 0.389 e. The highest BCUT2D eigenvalue weighted by atomic mass is 79.9. The molecule has 0 fully saturated rings. The molecular formula is C4H4BrF3O. The van der Waals surface area contributed by atoms with Crippen molar-refractivity contribution in [2.45, 2.75) is 19.0 Å². The molecule has 0 aromatic rings. The molecule has 0 N–H and O–H groups in total. The van der Waals surface area contributed by atoms with E-state index in [4.69, 9.17) is 0 Å². The van der Waals surface area contributed by atoms with Gasteiger partial charge in [-0.15, -0.1) is 0 Å². The smallest absolute Gasteiger partial charge is 0.287 e. The second-order valence-electron chi connectivity index (χ2n) is 1.47. The second kappa shape index (κ2) is 3.20. The number of rotatable bonds is 2. The van der Waals surface area contributed by atoms with Gasteiger partial charge in [-0.25, -0.2) is 0 Å². The average molecular weight is 205 g/mol. The van der Waals surface area contributed by atoms with E-state index in [2.05, 4.69) is 15.9 Å². The standard InChI is InChI=1S/C4H4BrF3O/c5-3(9)1-2-4(6,7)8/h1-2H2. The van der Waals surface area contributed by atoms with Crippen LogP contribution in [0.5, 0.6) is 0 Å². The van der Waals surface area contributed by atoms with E-state index >= 15 is 0 Å². The Kier molecular flexibility index (Phi) is 3.17. The van der Waals surface area contributed by atoms with Crippen LogP contribution in [-0.4, -0.2) is 10.9 Å². The first kappa shape index (κ1) is 8.94. The molecule has 0 spiro atoms. The summed E-state index contributed by atoms with van der Waals surface area (Å²) in [5, 5.41) is 0. The van der Waals surface area contributed by atoms with E-state index < -0.39 is 23.7 Å². The summed E-state index contributed by atoms with van der Waals surface area (Å²) in [6.07, 6.45) is -5.75. The highest BCUT2D eigenvalue weighted by molar-refractivity contribution is 9.18. The topological polar surface area (TPSA) is 17.1 Å². The fourth-order valence-corrected chi connectivity index (χ4v) is 0.438. The molecule has 0 aromatic heterocycles. The lowest BCUT2D eigenvalue weighted by Crippen LogP contribution is -2.07. The number of carbonyl (C=O) groups excluding carboxylic acids is 1. The van der Waals surface area contributed by atoms with E-state index in [9.17, 15) is 18.0 Å². The first-order valence-electron chi connectivity index (χ1n) is 2.17. The van der Waals surface area contributed by atoms with Crippen LogP contribution in [0.15, 0.2) is 0 Å². The SMILES string of the molecule is O=C(Br)CCC(F)(F)F. The van der Waals surface area contributed by atoms with Crippen molar-refractivity contribution in [3.8, 4) is 0 Å². The van der Waals surface area contributed by atoms with Gasteiger partial charge in [0.05, 0.1) is 6.42 Å². The third-order valence-corrected chi connectivity index (χ3v) is 1.00. The minimum Gasteiger partial charge on any atom is -0.287 e. The van der Waals surface area contributed by atoms with E-state index in [0.717, 1.165) is 0 Å². The second-order valence-corrected chi connectivity index (χ2v) is 2.35. The Morgan fingerprint density at radius 3 is 2.00 bits per heavy atom. The van der Waals surface area contributed by atoms with Gasteiger partial charge in [0.25, 0.3) is 0 Å². The number of hydrogen-bond acceptors (Lipinski definition) is 1. The van der Waals surface area contributed by atoms with Crippen molar-refractivity contribution in [1.29, 1.82) is 0 Å². The quantitative estimate of drug-likeness (QED) is 0.631. The van der Waals surface area contributed by atoms with Crippen LogP contribution in [0.2, 0.25) is 0 Å². The van der Waals surface area contributed by atoms with Crippen molar-refractivity contribution in [3.63, 3.8) is 0 Å². The third-order valence-electron chi connectivity index (χ3n) is 0.605. The van der Waals surface area contributed by atoms with Crippen LogP contribution in [0.4, 0.5) is 13.2 Å². The average Bonchev–Trinajstić information content (AvgIpc) is 1.59. The molecule has 0 unspecified atom stereocenters. The Hall–Kier alpha value is -0.0600. The minimum absolute atomic E-state index is 0.483. The molecular weight excluding hydrogens is 201 g/mol. The monoisotopic (exact) mass is 204 g/mol. The molecule has 0 bridgehead atoms. The van der Waals surface area contributed by atoms with Crippen molar-refractivity contribution in [1.82, 2.24) is 0 Å². The van der Waals surface area contributed by atoms with E-state index in [1.165, 1.54) is 0 Å². The van der Waals surface area contributed by atoms with Crippen LogP contribution < -0.4 is 0 Å². The Bertz CT molecular complexity index is 109. The largest absolute Gasteiger partial charge is 0.389 e. The summed E-state index contributed by atoms with van der Waals surface area (Å²) in [5.41, 5.74) is 0. The van der Waals surface area contributed by atoms with E-state index in [1.807, 2.05) is 0 Å². The molecule has 0 aromatic carbocycles. The van der Waals surface area contributed by atoms with Gasteiger partial charge in [-0.05, 0) is 15.9 Å². The molecule has 0 atom stereocenters. The van der Waals surface area contributed by atoms with Crippen LogP contribution in [0.1, 0.15) is 12.8 Å². The predicted octanol–water partition coefficient (Wildman–Crippen LogP) is 2.25. The molecule has 0 radical (unpaired) electrons. The number of hydrogen-bond donors (Lipinski definition) is 0. The Labute approximate surface area is 58.4 Å². The van der Waals surface area contributed by atoms with Gasteiger partial charge < -0.3 is 0 Å². The Morgan fingerprint density at radius 1 is 1.44 bits per heavy atom. The Morgan fingerprint density at radius 2 is 1.89 bits per heavy atom. The molecule has 54 valence electrons. The minimum atomic E-state index is -4.22. The third kappa shape index (κ3) is 7.94. The van der Waals surface area contributed by atoms with E-state index in [0.29, 0.717) is 0 Å².